The molecule has 7 rings (SSSR count). The second kappa shape index (κ2) is 8.74. The normalized spacial score (nSPS) is 30.4. The third kappa shape index (κ3) is 4.16. The maximum atomic E-state index is 13.7. The lowest BCUT2D eigenvalue weighted by Gasteiger charge is -2.56. The van der Waals surface area contributed by atoms with E-state index in [0.717, 1.165) is 60.6 Å². The summed E-state index contributed by atoms with van der Waals surface area (Å²) in [7, 11) is 0. The van der Waals surface area contributed by atoms with E-state index in [1.54, 1.807) is 42.2 Å². The number of carboxylic acids is 1. The molecule has 34 heavy (non-hydrogen) atoms. The van der Waals surface area contributed by atoms with Gasteiger partial charge in [-0.05, 0) is 93.4 Å². The van der Waals surface area contributed by atoms with Crippen LogP contribution in [0.2, 0.25) is 0 Å². The number of nitrogens with one attached hydrogen (secondary N) is 1. The number of thioether (sulfide) groups is 1. The molecule has 0 spiro atoms. The van der Waals surface area contributed by atoms with Gasteiger partial charge in [0.05, 0.1) is 23.0 Å². The van der Waals surface area contributed by atoms with Crippen LogP contribution in [0.5, 0.6) is 0 Å². The zero-order valence-corrected chi connectivity index (χ0v) is 20.4. The third-order valence-corrected chi connectivity index (χ3v) is 10.00. The summed E-state index contributed by atoms with van der Waals surface area (Å²) in [5, 5.41) is 18.8. The average molecular weight is 480 g/mol. The van der Waals surface area contributed by atoms with E-state index >= 15 is 0 Å². The molecule has 6 nitrogen and oxygen atoms in total. The summed E-state index contributed by atoms with van der Waals surface area (Å²) in [4.78, 5) is 25.0. The lowest BCUT2D eigenvalue weighted by molar-refractivity contribution is -0.0167. The highest BCUT2D eigenvalue weighted by Crippen LogP contribution is 2.55. The Bertz CT molecular complexity index is 1050. The van der Waals surface area contributed by atoms with Crippen LogP contribution in [0.4, 0.5) is 0 Å². The zero-order chi connectivity index (χ0) is 23.3. The lowest BCUT2D eigenvalue weighted by atomic mass is 9.53. The van der Waals surface area contributed by atoms with E-state index in [4.69, 9.17) is 0 Å². The predicted molar refractivity (Wildman–Crippen MR) is 132 cm³/mol. The predicted octanol–water partition coefficient (Wildman–Crippen LogP) is 5.69. The van der Waals surface area contributed by atoms with Gasteiger partial charge in [-0.2, -0.15) is 5.10 Å². The molecule has 0 unspecified atom stereocenters. The monoisotopic (exact) mass is 479 g/mol. The smallest absolute Gasteiger partial charge is 0.335 e. The Balaban J connectivity index is 1.30. The van der Waals surface area contributed by atoms with E-state index in [1.807, 2.05) is 4.68 Å². The number of amides is 1. The Labute approximate surface area is 204 Å². The molecule has 5 fully saturated rings. The topological polar surface area (TPSA) is 84.2 Å². The molecule has 1 heterocycles. The average Bonchev–Trinajstić information content (AvgIpc) is 3.22. The van der Waals surface area contributed by atoms with Crippen LogP contribution in [0.1, 0.15) is 91.3 Å². The molecule has 5 saturated carbocycles. The molecule has 4 bridgehead atoms. The number of hydrogen-bond acceptors (Lipinski definition) is 4. The first-order valence-electron chi connectivity index (χ1n) is 12.9. The standard InChI is InChI=1S/C27H33N3O3S/c31-24(29-27-13-17-10-18(14-27)12-19(11-17)15-27)23-16-28-30(21-8-6-20(7-9-21)26(32)33)25(23)34-22-4-2-1-3-5-22/h6-9,16-19,22H,1-5,10-15H2,(H,29,31)(H,32,33). The molecule has 2 aromatic rings. The van der Waals surface area contributed by atoms with Crippen molar-refractivity contribution in [1.29, 1.82) is 0 Å². The van der Waals surface area contributed by atoms with Crippen molar-refractivity contribution in [3.63, 3.8) is 0 Å². The molecule has 1 aromatic heterocycles. The summed E-state index contributed by atoms with van der Waals surface area (Å²) < 4.78 is 1.83. The van der Waals surface area contributed by atoms with Gasteiger partial charge < -0.3 is 10.4 Å². The number of aromatic nitrogens is 2. The van der Waals surface area contributed by atoms with Gasteiger partial charge in [-0.3, -0.25) is 4.79 Å². The summed E-state index contributed by atoms with van der Waals surface area (Å²) in [6, 6.07) is 6.76. The molecule has 1 amide bonds. The van der Waals surface area contributed by atoms with Crippen molar-refractivity contribution in [2.45, 2.75) is 86.4 Å². The molecular formula is C27H33N3O3S. The van der Waals surface area contributed by atoms with Gasteiger partial charge in [-0.25, -0.2) is 9.48 Å². The molecule has 0 radical (unpaired) electrons. The Morgan fingerprint density at radius 1 is 0.971 bits per heavy atom. The second-order valence-corrected chi connectivity index (χ2v) is 12.4. The molecule has 7 heteroatoms. The Morgan fingerprint density at radius 2 is 1.59 bits per heavy atom. The first-order valence-corrected chi connectivity index (χ1v) is 13.8. The highest BCUT2D eigenvalue weighted by atomic mass is 32.2. The molecule has 1 aromatic carbocycles. The maximum absolute atomic E-state index is 13.7. The molecule has 5 aliphatic carbocycles. The van der Waals surface area contributed by atoms with E-state index < -0.39 is 5.97 Å². The van der Waals surface area contributed by atoms with Crippen LogP contribution in [-0.2, 0) is 0 Å². The van der Waals surface area contributed by atoms with Crippen molar-refractivity contribution in [1.82, 2.24) is 15.1 Å². The van der Waals surface area contributed by atoms with Crippen LogP contribution in [0.15, 0.2) is 35.5 Å². The highest BCUT2D eigenvalue weighted by molar-refractivity contribution is 8.00. The Morgan fingerprint density at radius 3 is 2.18 bits per heavy atom. The quantitative estimate of drug-likeness (QED) is 0.556. The van der Waals surface area contributed by atoms with Gasteiger partial charge in [0.25, 0.3) is 5.91 Å². The zero-order valence-electron chi connectivity index (χ0n) is 19.5. The summed E-state index contributed by atoms with van der Waals surface area (Å²) >= 11 is 1.77. The van der Waals surface area contributed by atoms with Crippen LogP contribution in [0, 0.1) is 17.8 Å². The van der Waals surface area contributed by atoms with E-state index in [2.05, 4.69) is 10.4 Å². The largest absolute Gasteiger partial charge is 0.478 e. The van der Waals surface area contributed by atoms with Gasteiger partial charge in [0.1, 0.15) is 5.03 Å². The summed E-state index contributed by atoms with van der Waals surface area (Å²) in [5.74, 6) is 1.39. The number of benzene rings is 1. The number of hydrogen-bond donors (Lipinski definition) is 2. The van der Waals surface area contributed by atoms with Crippen molar-refractivity contribution in [2.24, 2.45) is 17.8 Å². The number of carboxylic acid groups (broad SMARTS) is 1. The van der Waals surface area contributed by atoms with Crippen molar-refractivity contribution in [3.05, 3.63) is 41.6 Å². The molecule has 5 aliphatic rings. The Kier molecular flexibility index (Phi) is 5.71. The first kappa shape index (κ1) is 22.2. The van der Waals surface area contributed by atoms with Gasteiger partial charge in [0.15, 0.2) is 0 Å². The molecular weight excluding hydrogens is 446 g/mol. The first-order chi connectivity index (χ1) is 16.5. The minimum atomic E-state index is -0.945. The molecule has 0 saturated heterocycles. The minimum Gasteiger partial charge on any atom is -0.478 e. The fraction of sp³-hybridized carbons (Fsp3) is 0.593. The van der Waals surface area contributed by atoms with Crippen LogP contribution >= 0.6 is 11.8 Å². The lowest BCUT2D eigenvalue weighted by Crippen LogP contribution is -2.59. The number of carbonyl (C=O) groups is 2. The fourth-order valence-electron chi connectivity index (χ4n) is 7.45. The number of nitrogens with zero attached hydrogens (tertiary/aromatic N) is 2. The van der Waals surface area contributed by atoms with Gasteiger partial charge in [0.2, 0.25) is 0 Å². The van der Waals surface area contributed by atoms with Crippen LogP contribution in [0.3, 0.4) is 0 Å². The van der Waals surface area contributed by atoms with E-state index in [9.17, 15) is 14.7 Å². The van der Waals surface area contributed by atoms with Gasteiger partial charge in [0, 0.05) is 10.8 Å². The van der Waals surface area contributed by atoms with Crippen molar-refractivity contribution < 1.29 is 14.7 Å². The summed E-state index contributed by atoms with van der Waals surface area (Å²) in [6.45, 7) is 0. The van der Waals surface area contributed by atoms with E-state index in [0.29, 0.717) is 10.8 Å². The number of carbonyl (C=O) groups excluding carboxylic acids is 1. The maximum Gasteiger partial charge on any atom is 0.335 e. The molecule has 0 aliphatic heterocycles. The fourth-order valence-corrected chi connectivity index (χ4v) is 8.86. The third-order valence-electron chi connectivity index (χ3n) is 8.58. The molecule has 2 N–H and O–H groups in total. The number of rotatable bonds is 6. The van der Waals surface area contributed by atoms with Crippen molar-refractivity contribution in [3.8, 4) is 5.69 Å². The number of aromatic carboxylic acids is 1. The summed E-state index contributed by atoms with van der Waals surface area (Å²) in [5.41, 5.74) is 1.66. The highest BCUT2D eigenvalue weighted by Gasteiger charge is 2.51. The van der Waals surface area contributed by atoms with Gasteiger partial charge >= 0.3 is 5.97 Å². The van der Waals surface area contributed by atoms with Gasteiger partial charge in [-0.15, -0.1) is 11.8 Å². The van der Waals surface area contributed by atoms with Crippen molar-refractivity contribution in [2.75, 3.05) is 0 Å². The van der Waals surface area contributed by atoms with Gasteiger partial charge in [-0.1, -0.05) is 19.3 Å². The van der Waals surface area contributed by atoms with E-state index in [-0.39, 0.29) is 17.0 Å². The van der Waals surface area contributed by atoms with Crippen LogP contribution in [-0.4, -0.2) is 37.6 Å². The second-order valence-electron chi connectivity index (χ2n) is 11.2. The summed E-state index contributed by atoms with van der Waals surface area (Å²) in [6.07, 6.45) is 15.2. The van der Waals surface area contributed by atoms with Crippen molar-refractivity contribution >= 4 is 23.6 Å². The van der Waals surface area contributed by atoms with E-state index in [1.165, 1.54) is 38.5 Å². The Hall–Kier alpha value is -2.28. The SMILES string of the molecule is O=C(O)c1ccc(-n2ncc(C(=O)NC34CC5CC(CC(C5)C3)C4)c2SC2CCCCC2)cc1. The van der Waals surface area contributed by atoms with Crippen LogP contribution < -0.4 is 5.32 Å². The molecule has 0 atom stereocenters. The minimum absolute atomic E-state index is 0.00802. The van der Waals surface area contributed by atoms with Crippen LogP contribution in [0.25, 0.3) is 5.69 Å². The molecule has 180 valence electrons.